The second-order valence-corrected chi connectivity index (χ2v) is 9.54. The number of carbonyl (C=O) groups excluding carboxylic acids is 1. The summed E-state index contributed by atoms with van der Waals surface area (Å²) in [6.45, 7) is 9.02. The van der Waals surface area contributed by atoms with Gasteiger partial charge in [0.15, 0.2) is 0 Å². The van der Waals surface area contributed by atoms with Gasteiger partial charge in [0.2, 0.25) is 0 Å². The van der Waals surface area contributed by atoms with Gasteiger partial charge in [-0.25, -0.2) is 0 Å². The summed E-state index contributed by atoms with van der Waals surface area (Å²) in [5.41, 5.74) is 2.32. The van der Waals surface area contributed by atoms with Crippen molar-refractivity contribution in [3.05, 3.63) is 48.5 Å². The number of piperazine rings is 2. The van der Waals surface area contributed by atoms with Crippen LogP contribution in [0.5, 0.6) is 11.5 Å². The fourth-order valence-electron chi connectivity index (χ4n) is 4.86. The number of rotatable bonds is 11. The Labute approximate surface area is 210 Å². The first kappa shape index (κ1) is 25.3. The molecule has 0 atom stereocenters. The molecule has 4 rings (SSSR count). The SMILES string of the molecule is COc1ccccc1N1CCN(CC(=O)CCCCOc2ccccc2N2CCN(C)CC2)CC1. The van der Waals surface area contributed by atoms with Crippen molar-refractivity contribution in [2.75, 3.05) is 89.5 Å². The minimum absolute atomic E-state index is 0.327. The molecule has 7 heteroatoms. The van der Waals surface area contributed by atoms with Crippen LogP contribution in [0.15, 0.2) is 48.5 Å². The summed E-state index contributed by atoms with van der Waals surface area (Å²) >= 11 is 0. The summed E-state index contributed by atoms with van der Waals surface area (Å²) in [7, 11) is 3.88. The summed E-state index contributed by atoms with van der Waals surface area (Å²) in [5.74, 6) is 2.19. The Kier molecular flexibility index (Phi) is 9.26. The molecular weight excluding hydrogens is 440 g/mol. The first-order chi connectivity index (χ1) is 17.1. The number of unbranched alkanes of at least 4 members (excludes halogenated alkanes) is 1. The van der Waals surface area contributed by atoms with Gasteiger partial charge in [0.1, 0.15) is 17.3 Å². The normalized spacial score (nSPS) is 17.4. The van der Waals surface area contributed by atoms with E-state index in [-0.39, 0.29) is 0 Å². The lowest BCUT2D eigenvalue weighted by Gasteiger charge is -2.36. The zero-order chi connectivity index (χ0) is 24.5. The number of hydrogen-bond acceptors (Lipinski definition) is 7. The Morgan fingerprint density at radius 1 is 0.771 bits per heavy atom. The van der Waals surface area contributed by atoms with Crippen LogP contribution < -0.4 is 19.3 Å². The molecule has 2 saturated heterocycles. The molecule has 0 N–H and O–H groups in total. The van der Waals surface area contributed by atoms with Crippen LogP contribution in [0.1, 0.15) is 19.3 Å². The molecule has 0 amide bonds. The van der Waals surface area contributed by atoms with Gasteiger partial charge in [-0.15, -0.1) is 0 Å². The highest BCUT2D eigenvalue weighted by atomic mass is 16.5. The molecule has 2 aromatic carbocycles. The van der Waals surface area contributed by atoms with Crippen molar-refractivity contribution >= 4 is 17.2 Å². The topological polar surface area (TPSA) is 48.5 Å². The second kappa shape index (κ2) is 12.8. The number of likely N-dealkylation sites (N-methyl/N-ethyl adjacent to an activating group) is 1. The predicted molar refractivity (Wildman–Crippen MR) is 142 cm³/mol. The number of hydrogen-bond donors (Lipinski definition) is 0. The van der Waals surface area contributed by atoms with E-state index in [2.05, 4.69) is 50.9 Å². The smallest absolute Gasteiger partial charge is 0.146 e. The van der Waals surface area contributed by atoms with Crippen LogP contribution in [-0.2, 0) is 4.79 Å². The molecule has 2 aliphatic heterocycles. The monoisotopic (exact) mass is 480 g/mol. The van der Waals surface area contributed by atoms with E-state index in [9.17, 15) is 4.79 Å². The van der Waals surface area contributed by atoms with Gasteiger partial charge >= 0.3 is 0 Å². The van der Waals surface area contributed by atoms with E-state index in [1.165, 1.54) is 5.69 Å². The lowest BCUT2D eigenvalue weighted by atomic mass is 10.1. The van der Waals surface area contributed by atoms with Crippen molar-refractivity contribution in [3.63, 3.8) is 0 Å². The molecule has 2 heterocycles. The maximum Gasteiger partial charge on any atom is 0.146 e. The summed E-state index contributed by atoms with van der Waals surface area (Å²) in [6.07, 6.45) is 2.39. The Balaban J connectivity index is 1.13. The fourth-order valence-corrected chi connectivity index (χ4v) is 4.86. The predicted octanol–water partition coefficient (Wildman–Crippen LogP) is 3.39. The van der Waals surface area contributed by atoms with Crippen LogP contribution >= 0.6 is 0 Å². The standard InChI is InChI=1S/C28H40N4O3/c1-29-14-18-31(19-15-29)26-11-4-6-13-28(26)35-22-8-7-9-24(33)23-30-16-20-32(21-17-30)25-10-3-5-12-27(25)34-2/h3-6,10-13H,7-9,14-23H2,1-2H3. The van der Waals surface area contributed by atoms with Gasteiger partial charge in [-0.3, -0.25) is 9.69 Å². The third-order valence-corrected chi connectivity index (χ3v) is 7.01. The van der Waals surface area contributed by atoms with E-state index in [4.69, 9.17) is 9.47 Å². The minimum atomic E-state index is 0.327. The lowest BCUT2D eigenvalue weighted by molar-refractivity contribution is -0.120. The molecule has 35 heavy (non-hydrogen) atoms. The van der Waals surface area contributed by atoms with Crippen molar-refractivity contribution < 1.29 is 14.3 Å². The maximum absolute atomic E-state index is 12.6. The number of carbonyl (C=O) groups is 1. The quantitative estimate of drug-likeness (QED) is 0.457. The summed E-state index contributed by atoms with van der Waals surface area (Å²) < 4.78 is 11.6. The Morgan fingerprint density at radius 3 is 2.00 bits per heavy atom. The largest absolute Gasteiger partial charge is 0.495 e. The highest BCUT2D eigenvalue weighted by molar-refractivity contribution is 5.80. The molecule has 190 valence electrons. The van der Waals surface area contributed by atoms with Gasteiger partial charge in [0.05, 0.1) is 31.6 Å². The van der Waals surface area contributed by atoms with Crippen LogP contribution in [0.2, 0.25) is 0 Å². The zero-order valence-corrected chi connectivity index (χ0v) is 21.3. The van der Waals surface area contributed by atoms with Gasteiger partial charge in [-0.2, -0.15) is 0 Å². The first-order valence-electron chi connectivity index (χ1n) is 12.9. The van der Waals surface area contributed by atoms with Crippen LogP contribution in [0.25, 0.3) is 0 Å². The number of ether oxygens (including phenoxy) is 2. The molecule has 0 saturated carbocycles. The first-order valence-corrected chi connectivity index (χ1v) is 12.9. The molecule has 0 bridgehead atoms. The molecular formula is C28H40N4O3. The van der Waals surface area contributed by atoms with Crippen molar-refractivity contribution in [1.29, 1.82) is 0 Å². The van der Waals surface area contributed by atoms with E-state index in [0.29, 0.717) is 25.4 Å². The molecule has 0 radical (unpaired) electrons. The van der Waals surface area contributed by atoms with Gasteiger partial charge in [-0.05, 0) is 44.2 Å². The maximum atomic E-state index is 12.6. The summed E-state index contributed by atoms with van der Waals surface area (Å²) in [6, 6.07) is 16.5. The Morgan fingerprint density at radius 2 is 1.34 bits per heavy atom. The van der Waals surface area contributed by atoms with E-state index in [1.54, 1.807) is 7.11 Å². The Hall–Kier alpha value is -2.77. The number of methoxy groups -OCH3 is 1. The van der Waals surface area contributed by atoms with Gasteiger partial charge in [0.25, 0.3) is 0 Å². The average molecular weight is 481 g/mol. The van der Waals surface area contributed by atoms with Crippen LogP contribution in [-0.4, -0.2) is 95.3 Å². The van der Waals surface area contributed by atoms with Crippen molar-refractivity contribution in [3.8, 4) is 11.5 Å². The van der Waals surface area contributed by atoms with Gasteiger partial charge < -0.3 is 24.2 Å². The fraction of sp³-hybridized carbons (Fsp3) is 0.536. The zero-order valence-electron chi connectivity index (χ0n) is 21.3. The number of ketones is 1. The van der Waals surface area contributed by atoms with Crippen LogP contribution in [0.3, 0.4) is 0 Å². The molecule has 2 aromatic rings. The molecule has 0 aliphatic carbocycles. The van der Waals surface area contributed by atoms with E-state index < -0.39 is 0 Å². The lowest BCUT2D eigenvalue weighted by Crippen LogP contribution is -2.48. The van der Waals surface area contributed by atoms with Crippen molar-refractivity contribution in [1.82, 2.24) is 9.80 Å². The molecule has 2 aliphatic rings. The highest BCUT2D eigenvalue weighted by Crippen LogP contribution is 2.29. The number of para-hydroxylation sites is 4. The molecule has 2 fully saturated rings. The molecule has 0 aromatic heterocycles. The van der Waals surface area contributed by atoms with Crippen molar-refractivity contribution in [2.24, 2.45) is 0 Å². The molecule has 7 nitrogen and oxygen atoms in total. The summed E-state index contributed by atoms with van der Waals surface area (Å²) in [4.78, 5) is 21.9. The highest BCUT2D eigenvalue weighted by Gasteiger charge is 2.21. The number of nitrogens with zero attached hydrogens (tertiary/aromatic N) is 4. The van der Waals surface area contributed by atoms with Gasteiger partial charge in [-0.1, -0.05) is 24.3 Å². The number of Topliss-reactive ketones (excluding diaryl/α,β-unsaturated/α-hetero) is 1. The molecule has 0 spiro atoms. The third kappa shape index (κ3) is 7.12. The number of anilines is 2. The molecule has 0 unspecified atom stereocenters. The van der Waals surface area contributed by atoms with Crippen molar-refractivity contribution in [2.45, 2.75) is 19.3 Å². The average Bonchev–Trinajstić information content (AvgIpc) is 2.90. The van der Waals surface area contributed by atoms with Gasteiger partial charge in [0, 0.05) is 58.8 Å². The number of benzene rings is 2. The van der Waals surface area contributed by atoms with E-state index in [1.807, 2.05) is 24.3 Å². The third-order valence-electron chi connectivity index (χ3n) is 7.01. The Bertz CT molecular complexity index is 937. The second-order valence-electron chi connectivity index (χ2n) is 9.54. The minimum Gasteiger partial charge on any atom is -0.495 e. The van der Waals surface area contributed by atoms with E-state index in [0.717, 1.165) is 82.4 Å². The van der Waals surface area contributed by atoms with E-state index >= 15 is 0 Å². The van der Waals surface area contributed by atoms with Crippen LogP contribution in [0.4, 0.5) is 11.4 Å². The van der Waals surface area contributed by atoms with Crippen LogP contribution in [0, 0.1) is 0 Å². The summed E-state index contributed by atoms with van der Waals surface area (Å²) in [5, 5.41) is 0.